The molecule has 0 bridgehead atoms. The predicted molar refractivity (Wildman–Crippen MR) is 92.5 cm³/mol. The maximum Gasteiger partial charge on any atom is 0.163 e. The number of aromatic nitrogens is 6. The molecule has 0 saturated carbocycles. The van der Waals surface area contributed by atoms with Crippen molar-refractivity contribution in [2.45, 2.75) is 20.3 Å². The Balaban J connectivity index is 1.80. The van der Waals surface area contributed by atoms with Crippen LogP contribution in [-0.2, 0) is 6.42 Å². The monoisotopic (exact) mass is 338 g/mol. The molecule has 0 spiro atoms. The third-order valence-corrected chi connectivity index (χ3v) is 4.24. The third kappa shape index (κ3) is 2.45. The highest BCUT2D eigenvalue weighted by Crippen LogP contribution is 2.25. The van der Waals surface area contributed by atoms with E-state index in [4.69, 9.17) is 16.6 Å². The zero-order valence-corrected chi connectivity index (χ0v) is 14.1. The Kier molecular flexibility index (Phi) is 3.54. The summed E-state index contributed by atoms with van der Waals surface area (Å²) in [6.45, 7) is 4.14. The van der Waals surface area contributed by atoms with Crippen LogP contribution in [0.4, 0.5) is 0 Å². The van der Waals surface area contributed by atoms with E-state index in [-0.39, 0.29) is 0 Å². The number of pyridine rings is 1. The zero-order valence-electron chi connectivity index (χ0n) is 13.3. The molecule has 0 fully saturated rings. The third-order valence-electron chi connectivity index (χ3n) is 4.00. The fraction of sp³-hybridized carbons (Fsp3) is 0.176. The summed E-state index contributed by atoms with van der Waals surface area (Å²) in [4.78, 5) is 8.99. The summed E-state index contributed by atoms with van der Waals surface area (Å²) in [5.41, 5.74) is 4.91. The molecular formula is C17H15ClN6. The SMILES string of the molecule is CCc1cn2ncc(-c3cnn(-c4cc(Cl)ccn4)c3)c2nc1C. The summed E-state index contributed by atoms with van der Waals surface area (Å²) in [6.07, 6.45) is 10.1. The summed E-state index contributed by atoms with van der Waals surface area (Å²) in [6, 6.07) is 3.50. The number of nitrogens with zero attached hydrogens (tertiary/aromatic N) is 6. The van der Waals surface area contributed by atoms with Crippen LogP contribution in [0.3, 0.4) is 0 Å². The van der Waals surface area contributed by atoms with Crippen molar-refractivity contribution < 1.29 is 0 Å². The predicted octanol–water partition coefficient (Wildman–Crippen LogP) is 3.50. The van der Waals surface area contributed by atoms with Crippen molar-refractivity contribution in [1.82, 2.24) is 29.4 Å². The smallest absolute Gasteiger partial charge is 0.163 e. The van der Waals surface area contributed by atoms with Gasteiger partial charge in [0.15, 0.2) is 11.5 Å². The largest absolute Gasteiger partial charge is 0.237 e. The fourth-order valence-electron chi connectivity index (χ4n) is 2.69. The first-order chi connectivity index (χ1) is 11.7. The van der Waals surface area contributed by atoms with Crippen molar-refractivity contribution in [3.8, 4) is 16.9 Å². The standard InChI is InChI=1S/C17H15ClN6/c1-3-12-9-24-17(22-11(12)2)15(8-21-24)13-7-20-23(10-13)16-6-14(18)4-5-19-16/h4-10H,3H2,1-2H3. The minimum Gasteiger partial charge on any atom is -0.237 e. The van der Waals surface area contributed by atoms with E-state index in [0.29, 0.717) is 10.8 Å². The number of hydrogen-bond donors (Lipinski definition) is 0. The number of fused-ring (bicyclic) bond motifs is 1. The molecule has 0 unspecified atom stereocenters. The number of hydrogen-bond acceptors (Lipinski definition) is 4. The Labute approximate surface area is 143 Å². The molecule has 4 heterocycles. The second-order valence-corrected chi connectivity index (χ2v) is 5.97. The average Bonchev–Trinajstić information content (AvgIpc) is 3.20. The van der Waals surface area contributed by atoms with Gasteiger partial charge in [-0.1, -0.05) is 18.5 Å². The molecule has 0 radical (unpaired) electrons. The van der Waals surface area contributed by atoms with Gasteiger partial charge in [0.1, 0.15) is 0 Å². The quantitative estimate of drug-likeness (QED) is 0.573. The maximum atomic E-state index is 6.02. The molecule has 6 nitrogen and oxygen atoms in total. The van der Waals surface area contributed by atoms with Crippen LogP contribution >= 0.6 is 11.6 Å². The Morgan fingerprint density at radius 1 is 1.17 bits per heavy atom. The van der Waals surface area contributed by atoms with Gasteiger partial charge in [-0.15, -0.1) is 0 Å². The molecule has 0 aliphatic carbocycles. The highest BCUT2D eigenvalue weighted by atomic mass is 35.5. The van der Waals surface area contributed by atoms with E-state index in [2.05, 4.69) is 22.1 Å². The van der Waals surface area contributed by atoms with Crippen molar-refractivity contribution in [2.75, 3.05) is 0 Å². The lowest BCUT2D eigenvalue weighted by atomic mass is 10.1. The van der Waals surface area contributed by atoms with Gasteiger partial charge >= 0.3 is 0 Å². The van der Waals surface area contributed by atoms with E-state index in [1.165, 1.54) is 5.56 Å². The minimum absolute atomic E-state index is 0.623. The van der Waals surface area contributed by atoms with Crippen molar-refractivity contribution in [3.05, 3.63) is 59.4 Å². The zero-order chi connectivity index (χ0) is 16.7. The first-order valence-corrected chi connectivity index (χ1v) is 8.04. The van der Waals surface area contributed by atoms with E-state index >= 15 is 0 Å². The van der Waals surface area contributed by atoms with Crippen molar-refractivity contribution in [1.29, 1.82) is 0 Å². The second kappa shape index (κ2) is 5.72. The highest BCUT2D eigenvalue weighted by molar-refractivity contribution is 6.30. The van der Waals surface area contributed by atoms with Crippen LogP contribution < -0.4 is 0 Å². The summed E-state index contributed by atoms with van der Waals surface area (Å²) in [5, 5.41) is 9.42. The normalized spacial score (nSPS) is 11.3. The van der Waals surface area contributed by atoms with Crippen LogP contribution in [0.1, 0.15) is 18.2 Å². The molecule has 24 heavy (non-hydrogen) atoms. The molecule has 7 heteroatoms. The van der Waals surface area contributed by atoms with Gasteiger partial charge in [0.2, 0.25) is 0 Å². The molecule has 0 saturated heterocycles. The van der Waals surface area contributed by atoms with E-state index in [9.17, 15) is 0 Å². The second-order valence-electron chi connectivity index (χ2n) is 5.54. The Morgan fingerprint density at radius 3 is 2.83 bits per heavy atom. The fourth-order valence-corrected chi connectivity index (χ4v) is 2.84. The summed E-state index contributed by atoms with van der Waals surface area (Å²) in [5.74, 6) is 0.669. The number of halogens is 1. The molecule has 0 N–H and O–H groups in total. The highest BCUT2D eigenvalue weighted by Gasteiger charge is 2.13. The molecule has 4 aromatic rings. The van der Waals surface area contributed by atoms with Crippen molar-refractivity contribution in [3.63, 3.8) is 0 Å². The van der Waals surface area contributed by atoms with Gasteiger partial charge < -0.3 is 0 Å². The molecular weight excluding hydrogens is 324 g/mol. The Hall–Kier alpha value is -2.73. The maximum absolute atomic E-state index is 6.02. The molecule has 0 aromatic carbocycles. The van der Waals surface area contributed by atoms with Gasteiger partial charge in [-0.2, -0.15) is 10.2 Å². The van der Waals surface area contributed by atoms with Crippen LogP contribution in [-0.4, -0.2) is 29.4 Å². The first kappa shape index (κ1) is 14.8. The van der Waals surface area contributed by atoms with Crippen LogP contribution in [0.2, 0.25) is 5.02 Å². The lowest BCUT2D eigenvalue weighted by Crippen LogP contribution is -1.98. The van der Waals surface area contributed by atoms with Crippen LogP contribution in [0.15, 0.2) is 43.1 Å². The van der Waals surface area contributed by atoms with Gasteiger partial charge in [-0.25, -0.2) is 19.2 Å². The van der Waals surface area contributed by atoms with E-state index in [0.717, 1.165) is 28.9 Å². The van der Waals surface area contributed by atoms with Gasteiger partial charge in [0, 0.05) is 46.5 Å². The molecule has 4 aromatic heterocycles. The minimum atomic E-state index is 0.623. The van der Waals surface area contributed by atoms with Crippen LogP contribution in [0.25, 0.3) is 22.6 Å². The molecule has 120 valence electrons. The molecule has 0 amide bonds. The van der Waals surface area contributed by atoms with E-state index in [1.54, 1.807) is 29.2 Å². The summed E-state index contributed by atoms with van der Waals surface area (Å²) >= 11 is 6.02. The van der Waals surface area contributed by atoms with Gasteiger partial charge in [0.05, 0.1) is 12.4 Å². The topological polar surface area (TPSA) is 60.9 Å². The first-order valence-electron chi connectivity index (χ1n) is 7.66. The van der Waals surface area contributed by atoms with Gasteiger partial charge in [-0.05, 0) is 25.0 Å². The van der Waals surface area contributed by atoms with Crippen LogP contribution in [0, 0.1) is 6.92 Å². The summed E-state index contributed by atoms with van der Waals surface area (Å²) in [7, 11) is 0. The average molecular weight is 339 g/mol. The molecule has 0 aliphatic heterocycles. The molecule has 0 atom stereocenters. The summed E-state index contributed by atoms with van der Waals surface area (Å²) < 4.78 is 3.51. The van der Waals surface area contributed by atoms with Crippen molar-refractivity contribution >= 4 is 17.2 Å². The van der Waals surface area contributed by atoms with E-state index in [1.807, 2.05) is 30.0 Å². The van der Waals surface area contributed by atoms with Crippen LogP contribution in [0.5, 0.6) is 0 Å². The lowest BCUT2D eigenvalue weighted by Gasteiger charge is -2.03. The van der Waals surface area contributed by atoms with Crippen molar-refractivity contribution in [2.24, 2.45) is 0 Å². The number of rotatable bonds is 3. The lowest BCUT2D eigenvalue weighted by molar-refractivity contribution is 0.847. The number of aryl methyl sites for hydroxylation is 2. The van der Waals surface area contributed by atoms with Gasteiger partial charge in [-0.3, -0.25) is 0 Å². The Bertz CT molecular complexity index is 1030. The molecule has 4 rings (SSSR count). The van der Waals surface area contributed by atoms with Gasteiger partial charge in [0.25, 0.3) is 0 Å². The van der Waals surface area contributed by atoms with E-state index < -0.39 is 0 Å². The Morgan fingerprint density at radius 2 is 2.04 bits per heavy atom. The molecule has 0 aliphatic rings.